The minimum atomic E-state index is -3.19. The number of hydrogen-bond acceptors (Lipinski definition) is 3. The van der Waals surface area contributed by atoms with Gasteiger partial charge < -0.3 is 5.32 Å². The van der Waals surface area contributed by atoms with E-state index in [0.29, 0.717) is 10.9 Å². The number of benzene rings is 1. The van der Waals surface area contributed by atoms with E-state index >= 15 is 0 Å². The molecule has 2 rings (SSSR count). The Morgan fingerprint density at radius 2 is 1.76 bits per heavy atom. The first-order valence-electron chi connectivity index (χ1n) is 7.83. The summed E-state index contributed by atoms with van der Waals surface area (Å²) in [6.07, 6.45) is 2.45. The van der Waals surface area contributed by atoms with Crippen LogP contribution in [-0.2, 0) is 15.3 Å². The second-order valence-electron chi connectivity index (χ2n) is 7.01. The third kappa shape index (κ3) is 3.67. The standard InChI is InChI=1S/C17H27NO2S/c1-5-18-14-8-11-16(12-14)21(19,20)15-9-6-13(7-10-15)17(2,3)4/h6-7,9-10,14,16,18H,5,8,11-12H2,1-4H3. The smallest absolute Gasteiger partial charge is 0.181 e. The van der Waals surface area contributed by atoms with Gasteiger partial charge in [0.25, 0.3) is 0 Å². The third-order valence-electron chi connectivity index (χ3n) is 4.37. The average molecular weight is 309 g/mol. The summed E-state index contributed by atoms with van der Waals surface area (Å²) in [6, 6.07) is 7.80. The van der Waals surface area contributed by atoms with Gasteiger partial charge in [0.2, 0.25) is 0 Å². The molecular weight excluding hydrogens is 282 g/mol. The fraction of sp³-hybridized carbons (Fsp3) is 0.647. The molecule has 4 heteroatoms. The van der Waals surface area contributed by atoms with E-state index in [-0.39, 0.29) is 10.7 Å². The molecule has 1 saturated carbocycles. The van der Waals surface area contributed by atoms with Crippen molar-refractivity contribution in [2.24, 2.45) is 0 Å². The molecule has 3 nitrogen and oxygen atoms in total. The predicted octanol–water partition coefficient (Wildman–Crippen LogP) is 3.29. The first-order chi connectivity index (χ1) is 9.75. The van der Waals surface area contributed by atoms with Gasteiger partial charge in [0.05, 0.1) is 10.1 Å². The molecule has 118 valence electrons. The molecule has 1 aliphatic rings. The van der Waals surface area contributed by atoms with Crippen molar-refractivity contribution in [2.75, 3.05) is 6.54 Å². The zero-order chi connectivity index (χ0) is 15.7. The zero-order valence-corrected chi connectivity index (χ0v) is 14.3. The van der Waals surface area contributed by atoms with Gasteiger partial charge in [-0.1, -0.05) is 39.8 Å². The molecule has 1 aliphatic carbocycles. The molecule has 0 aromatic heterocycles. The fourth-order valence-corrected chi connectivity index (χ4v) is 4.87. The lowest BCUT2D eigenvalue weighted by Crippen LogP contribution is -2.28. The molecule has 0 saturated heterocycles. The summed E-state index contributed by atoms with van der Waals surface area (Å²) in [5, 5.41) is 3.13. The first-order valence-corrected chi connectivity index (χ1v) is 9.37. The summed E-state index contributed by atoms with van der Waals surface area (Å²) >= 11 is 0. The van der Waals surface area contributed by atoms with Crippen LogP contribution in [0.5, 0.6) is 0 Å². The van der Waals surface area contributed by atoms with Crippen molar-refractivity contribution in [3.63, 3.8) is 0 Å². The summed E-state index contributed by atoms with van der Waals surface area (Å²) in [7, 11) is -3.19. The number of nitrogens with one attached hydrogen (secondary N) is 1. The van der Waals surface area contributed by atoms with E-state index in [1.807, 2.05) is 12.1 Å². The van der Waals surface area contributed by atoms with Crippen LogP contribution >= 0.6 is 0 Å². The average Bonchev–Trinajstić information content (AvgIpc) is 2.88. The van der Waals surface area contributed by atoms with Crippen molar-refractivity contribution in [2.45, 2.75) is 68.6 Å². The lowest BCUT2D eigenvalue weighted by molar-refractivity contribution is 0.537. The van der Waals surface area contributed by atoms with Crippen molar-refractivity contribution < 1.29 is 8.42 Å². The molecule has 1 fully saturated rings. The second-order valence-corrected chi connectivity index (χ2v) is 9.24. The van der Waals surface area contributed by atoms with Crippen LogP contribution in [0.15, 0.2) is 29.2 Å². The monoisotopic (exact) mass is 309 g/mol. The topological polar surface area (TPSA) is 46.2 Å². The fourth-order valence-electron chi connectivity index (χ4n) is 3.03. The van der Waals surface area contributed by atoms with Crippen LogP contribution < -0.4 is 5.32 Å². The van der Waals surface area contributed by atoms with E-state index in [2.05, 4.69) is 33.0 Å². The maximum absolute atomic E-state index is 12.7. The van der Waals surface area contributed by atoms with E-state index in [0.717, 1.165) is 25.8 Å². The Kier molecular flexibility index (Phi) is 4.79. The Labute approximate surface area is 129 Å². The molecule has 0 aliphatic heterocycles. The van der Waals surface area contributed by atoms with Crippen LogP contribution in [0.2, 0.25) is 0 Å². The largest absolute Gasteiger partial charge is 0.314 e. The number of sulfone groups is 1. The quantitative estimate of drug-likeness (QED) is 0.928. The summed E-state index contributed by atoms with van der Waals surface area (Å²) < 4.78 is 25.4. The third-order valence-corrected chi connectivity index (χ3v) is 6.60. The van der Waals surface area contributed by atoms with Crippen LogP contribution in [-0.4, -0.2) is 26.3 Å². The summed E-state index contributed by atoms with van der Waals surface area (Å²) in [5.41, 5.74) is 1.21. The minimum Gasteiger partial charge on any atom is -0.314 e. The van der Waals surface area contributed by atoms with E-state index in [1.54, 1.807) is 12.1 Å². The highest BCUT2D eigenvalue weighted by atomic mass is 32.2. The highest BCUT2D eigenvalue weighted by Gasteiger charge is 2.34. The normalized spacial score (nSPS) is 23.4. The van der Waals surface area contributed by atoms with Crippen LogP contribution in [0, 0.1) is 0 Å². The van der Waals surface area contributed by atoms with Gasteiger partial charge in [-0.25, -0.2) is 8.42 Å². The van der Waals surface area contributed by atoms with E-state index < -0.39 is 9.84 Å². The second kappa shape index (κ2) is 6.09. The molecule has 0 bridgehead atoms. The van der Waals surface area contributed by atoms with Gasteiger partial charge in [-0.2, -0.15) is 0 Å². The predicted molar refractivity (Wildman–Crippen MR) is 87.4 cm³/mol. The summed E-state index contributed by atoms with van der Waals surface area (Å²) in [6.45, 7) is 9.36. The summed E-state index contributed by atoms with van der Waals surface area (Å²) in [5.74, 6) is 0. The number of rotatable bonds is 4. The van der Waals surface area contributed by atoms with Gasteiger partial charge in [-0.05, 0) is 48.9 Å². The van der Waals surface area contributed by atoms with Crippen molar-refractivity contribution in [1.29, 1.82) is 0 Å². The summed E-state index contributed by atoms with van der Waals surface area (Å²) in [4.78, 5) is 0.470. The highest BCUT2D eigenvalue weighted by Crippen LogP contribution is 2.31. The molecule has 0 radical (unpaired) electrons. The van der Waals surface area contributed by atoms with Crippen LogP contribution in [0.1, 0.15) is 52.5 Å². The van der Waals surface area contributed by atoms with Crippen molar-refractivity contribution >= 4 is 9.84 Å². The molecule has 0 amide bonds. The van der Waals surface area contributed by atoms with E-state index in [9.17, 15) is 8.42 Å². The van der Waals surface area contributed by atoms with E-state index in [1.165, 1.54) is 5.56 Å². The lowest BCUT2D eigenvalue weighted by atomic mass is 9.87. The minimum absolute atomic E-state index is 0.0474. The van der Waals surface area contributed by atoms with Gasteiger partial charge in [-0.3, -0.25) is 0 Å². The number of hydrogen-bond donors (Lipinski definition) is 1. The van der Waals surface area contributed by atoms with Crippen molar-refractivity contribution in [3.05, 3.63) is 29.8 Å². The SMILES string of the molecule is CCNC1CCC(S(=O)(=O)c2ccc(C(C)(C)C)cc2)C1. The van der Waals surface area contributed by atoms with Gasteiger partial charge in [0.1, 0.15) is 0 Å². The molecule has 1 aromatic carbocycles. The van der Waals surface area contributed by atoms with Crippen LogP contribution in [0.25, 0.3) is 0 Å². The van der Waals surface area contributed by atoms with E-state index in [4.69, 9.17) is 0 Å². The Morgan fingerprint density at radius 1 is 1.14 bits per heavy atom. The zero-order valence-electron chi connectivity index (χ0n) is 13.5. The van der Waals surface area contributed by atoms with Crippen LogP contribution in [0.3, 0.4) is 0 Å². The van der Waals surface area contributed by atoms with Crippen LogP contribution in [0.4, 0.5) is 0 Å². The maximum Gasteiger partial charge on any atom is 0.181 e. The lowest BCUT2D eigenvalue weighted by Gasteiger charge is -2.20. The first kappa shape index (κ1) is 16.5. The molecule has 0 heterocycles. The Balaban J connectivity index is 2.17. The van der Waals surface area contributed by atoms with Gasteiger partial charge >= 0.3 is 0 Å². The highest BCUT2D eigenvalue weighted by molar-refractivity contribution is 7.92. The van der Waals surface area contributed by atoms with Gasteiger partial charge in [0, 0.05) is 6.04 Å². The Morgan fingerprint density at radius 3 is 2.29 bits per heavy atom. The molecule has 1 aromatic rings. The molecule has 21 heavy (non-hydrogen) atoms. The molecule has 1 N–H and O–H groups in total. The van der Waals surface area contributed by atoms with Gasteiger partial charge in [0.15, 0.2) is 9.84 Å². The molecular formula is C17H27NO2S. The van der Waals surface area contributed by atoms with Crippen molar-refractivity contribution in [3.8, 4) is 0 Å². The molecule has 0 spiro atoms. The molecule has 2 unspecified atom stereocenters. The Hall–Kier alpha value is -0.870. The molecule has 2 atom stereocenters. The van der Waals surface area contributed by atoms with Gasteiger partial charge in [-0.15, -0.1) is 0 Å². The Bertz CT molecular complexity index is 570. The van der Waals surface area contributed by atoms with Crippen molar-refractivity contribution in [1.82, 2.24) is 5.32 Å². The maximum atomic E-state index is 12.7.